The van der Waals surface area contributed by atoms with Gasteiger partial charge in [0.15, 0.2) is 0 Å². The number of hydrogen-bond acceptors (Lipinski definition) is 2. The number of amides is 1. The molecule has 0 radical (unpaired) electrons. The number of nitrogens with one attached hydrogen (secondary N) is 1. The Balaban J connectivity index is 1.97. The van der Waals surface area contributed by atoms with Gasteiger partial charge in [-0.3, -0.25) is 4.79 Å². The molecule has 0 fully saturated rings. The summed E-state index contributed by atoms with van der Waals surface area (Å²) in [7, 11) is 0. The van der Waals surface area contributed by atoms with Gasteiger partial charge < -0.3 is 5.32 Å². The van der Waals surface area contributed by atoms with E-state index in [9.17, 15) is 9.18 Å². The van der Waals surface area contributed by atoms with Crippen LogP contribution in [-0.4, -0.2) is 5.91 Å². The molecule has 0 aliphatic heterocycles. The molecule has 1 N–H and O–H groups in total. The fraction of sp³-hybridized carbons (Fsp3) is 0.0833. The predicted molar refractivity (Wildman–Crippen MR) is 63.1 cm³/mol. The number of hydrogen-bond donors (Lipinski definition) is 1. The van der Waals surface area contributed by atoms with Gasteiger partial charge in [-0.15, -0.1) is 0 Å². The first kappa shape index (κ1) is 10.8. The summed E-state index contributed by atoms with van der Waals surface area (Å²) in [5.74, 6) is -0.489. The molecule has 0 unspecified atom stereocenters. The van der Waals surface area contributed by atoms with E-state index in [1.165, 1.54) is 12.1 Å². The van der Waals surface area contributed by atoms with Crippen molar-refractivity contribution in [2.24, 2.45) is 0 Å². The maximum Gasteiger partial charge on any atom is 0.228 e. The number of halogens is 1. The molecule has 0 aliphatic rings. The highest BCUT2D eigenvalue weighted by Gasteiger charge is 2.04. The molecule has 4 heteroatoms. The normalized spacial score (nSPS) is 10.1. The van der Waals surface area contributed by atoms with Crippen molar-refractivity contribution in [3.8, 4) is 0 Å². The van der Waals surface area contributed by atoms with Crippen molar-refractivity contribution >= 4 is 22.9 Å². The molecule has 1 aromatic heterocycles. The van der Waals surface area contributed by atoms with Gasteiger partial charge in [-0.2, -0.15) is 11.3 Å². The lowest BCUT2D eigenvalue weighted by molar-refractivity contribution is -0.115. The summed E-state index contributed by atoms with van der Waals surface area (Å²) in [6.45, 7) is 0. The lowest BCUT2D eigenvalue weighted by Crippen LogP contribution is -2.13. The van der Waals surface area contributed by atoms with Crippen molar-refractivity contribution in [2.45, 2.75) is 6.42 Å². The number of thiophene rings is 1. The first-order valence-corrected chi connectivity index (χ1v) is 5.75. The minimum absolute atomic E-state index is 0.135. The van der Waals surface area contributed by atoms with Crippen molar-refractivity contribution in [3.63, 3.8) is 0 Å². The van der Waals surface area contributed by atoms with Gasteiger partial charge >= 0.3 is 0 Å². The largest absolute Gasteiger partial charge is 0.326 e. The Morgan fingerprint density at radius 1 is 1.38 bits per heavy atom. The molecule has 0 aliphatic carbocycles. The zero-order chi connectivity index (χ0) is 11.4. The lowest BCUT2D eigenvalue weighted by Gasteiger charge is -2.03. The molecule has 2 rings (SSSR count). The minimum Gasteiger partial charge on any atom is -0.326 e. The number of benzene rings is 1. The Hall–Kier alpha value is -1.68. The van der Waals surface area contributed by atoms with Gasteiger partial charge in [-0.1, -0.05) is 6.07 Å². The fourth-order valence-corrected chi connectivity index (χ4v) is 2.02. The van der Waals surface area contributed by atoms with Gasteiger partial charge in [0.2, 0.25) is 5.91 Å². The van der Waals surface area contributed by atoms with Gasteiger partial charge in [-0.05, 0) is 40.6 Å². The summed E-state index contributed by atoms with van der Waals surface area (Å²) in [5.41, 5.74) is 1.46. The molecule has 2 nitrogen and oxygen atoms in total. The van der Waals surface area contributed by atoms with Crippen molar-refractivity contribution < 1.29 is 9.18 Å². The summed E-state index contributed by atoms with van der Waals surface area (Å²) in [5, 5.41) is 6.49. The standard InChI is InChI=1S/C12H10FNOS/c13-10-2-1-3-11(7-10)14-12(15)6-9-4-5-16-8-9/h1-5,7-8H,6H2,(H,14,15). The van der Waals surface area contributed by atoms with Crippen molar-refractivity contribution in [2.75, 3.05) is 5.32 Å². The molecule has 82 valence electrons. The molecule has 1 aromatic carbocycles. The van der Waals surface area contributed by atoms with E-state index in [0.29, 0.717) is 12.1 Å². The molecule has 0 saturated carbocycles. The molecule has 0 saturated heterocycles. The Bertz CT molecular complexity index is 482. The summed E-state index contributed by atoms with van der Waals surface area (Å²) >= 11 is 1.55. The molecule has 1 amide bonds. The first-order valence-electron chi connectivity index (χ1n) is 4.80. The highest BCUT2D eigenvalue weighted by Crippen LogP contribution is 2.11. The van der Waals surface area contributed by atoms with Crippen LogP contribution in [-0.2, 0) is 11.2 Å². The average Bonchev–Trinajstić information content (AvgIpc) is 2.70. The molecule has 0 atom stereocenters. The predicted octanol–water partition coefficient (Wildman–Crippen LogP) is 3.07. The third-order valence-corrected chi connectivity index (χ3v) is 2.79. The summed E-state index contributed by atoms with van der Waals surface area (Å²) in [6, 6.07) is 7.76. The quantitative estimate of drug-likeness (QED) is 0.870. The fourth-order valence-electron chi connectivity index (χ4n) is 1.35. The summed E-state index contributed by atoms with van der Waals surface area (Å²) < 4.78 is 12.8. The highest BCUT2D eigenvalue weighted by atomic mass is 32.1. The Labute approximate surface area is 96.7 Å². The molecule has 2 aromatic rings. The number of anilines is 1. The monoisotopic (exact) mass is 235 g/mol. The second-order valence-corrected chi connectivity index (χ2v) is 4.15. The van der Waals surface area contributed by atoms with E-state index in [4.69, 9.17) is 0 Å². The second-order valence-electron chi connectivity index (χ2n) is 3.37. The molecular weight excluding hydrogens is 225 g/mol. The van der Waals surface area contributed by atoms with Gasteiger partial charge in [0, 0.05) is 5.69 Å². The Morgan fingerprint density at radius 2 is 2.25 bits per heavy atom. The molecule has 0 spiro atoms. The van der Waals surface area contributed by atoms with Crippen molar-refractivity contribution in [1.82, 2.24) is 0 Å². The molecule has 0 bridgehead atoms. The number of carbonyl (C=O) groups excluding carboxylic acids is 1. The Kier molecular flexibility index (Phi) is 3.31. The van der Waals surface area contributed by atoms with Crippen LogP contribution in [0.2, 0.25) is 0 Å². The van der Waals surface area contributed by atoms with Crippen LogP contribution < -0.4 is 5.32 Å². The smallest absolute Gasteiger partial charge is 0.228 e. The van der Waals surface area contributed by atoms with Gasteiger partial charge in [-0.25, -0.2) is 4.39 Å². The van der Waals surface area contributed by atoms with Crippen LogP contribution in [0.4, 0.5) is 10.1 Å². The summed E-state index contributed by atoms with van der Waals surface area (Å²) in [6.07, 6.45) is 0.319. The van der Waals surface area contributed by atoms with Crippen LogP contribution in [0.15, 0.2) is 41.1 Å². The van der Waals surface area contributed by atoms with Crippen molar-refractivity contribution in [3.05, 3.63) is 52.5 Å². The molecule has 1 heterocycles. The third-order valence-electron chi connectivity index (χ3n) is 2.05. The Morgan fingerprint density at radius 3 is 2.94 bits per heavy atom. The first-order chi connectivity index (χ1) is 7.74. The van der Waals surface area contributed by atoms with Crippen LogP contribution in [0.1, 0.15) is 5.56 Å². The third kappa shape index (κ3) is 2.90. The number of carbonyl (C=O) groups is 1. The van der Waals surface area contributed by atoms with Crippen LogP contribution >= 0.6 is 11.3 Å². The average molecular weight is 235 g/mol. The van der Waals surface area contributed by atoms with Crippen LogP contribution in [0.25, 0.3) is 0 Å². The highest BCUT2D eigenvalue weighted by molar-refractivity contribution is 7.08. The maximum atomic E-state index is 12.8. The SMILES string of the molecule is O=C(Cc1ccsc1)Nc1cccc(F)c1. The second kappa shape index (κ2) is 4.90. The van der Waals surface area contributed by atoms with E-state index in [0.717, 1.165) is 5.56 Å². The molecule has 16 heavy (non-hydrogen) atoms. The summed E-state index contributed by atoms with van der Waals surface area (Å²) in [4.78, 5) is 11.6. The lowest BCUT2D eigenvalue weighted by atomic mass is 10.2. The maximum absolute atomic E-state index is 12.8. The zero-order valence-corrected chi connectivity index (χ0v) is 9.26. The topological polar surface area (TPSA) is 29.1 Å². The minimum atomic E-state index is -0.353. The van der Waals surface area contributed by atoms with Crippen molar-refractivity contribution in [1.29, 1.82) is 0 Å². The molecular formula is C12H10FNOS. The van der Waals surface area contributed by atoms with E-state index in [-0.39, 0.29) is 11.7 Å². The van der Waals surface area contributed by atoms with Crippen LogP contribution in [0.3, 0.4) is 0 Å². The zero-order valence-electron chi connectivity index (χ0n) is 8.44. The van der Waals surface area contributed by atoms with E-state index >= 15 is 0 Å². The number of rotatable bonds is 3. The van der Waals surface area contributed by atoms with Gasteiger partial charge in [0.25, 0.3) is 0 Å². The van der Waals surface area contributed by atoms with E-state index < -0.39 is 0 Å². The van der Waals surface area contributed by atoms with Crippen LogP contribution in [0, 0.1) is 5.82 Å². The van der Waals surface area contributed by atoms with E-state index in [2.05, 4.69) is 5.32 Å². The van der Waals surface area contributed by atoms with E-state index in [1.54, 1.807) is 23.5 Å². The van der Waals surface area contributed by atoms with Crippen LogP contribution in [0.5, 0.6) is 0 Å². The van der Waals surface area contributed by atoms with Gasteiger partial charge in [0.1, 0.15) is 5.82 Å². The van der Waals surface area contributed by atoms with E-state index in [1.807, 2.05) is 16.8 Å². The van der Waals surface area contributed by atoms with Gasteiger partial charge in [0.05, 0.1) is 6.42 Å².